The van der Waals surface area contributed by atoms with Crippen LogP contribution in [-0.4, -0.2) is 48.5 Å². The molecule has 100 valence electrons. The predicted molar refractivity (Wildman–Crippen MR) is 67.4 cm³/mol. The molecule has 1 unspecified atom stereocenters. The molecule has 1 amide bonds. The monoisotopic (exact) mass is 263 g/mol. The van der Waals surface area contributed by atoms with Crippen LogP contribution in [0.1, 0.15) is 0 Å². The van der Waals surface area contributed by atoms with Crippen LogP contribution in [0.25, 0.3) is 0 Å². The van der Waals surface area contributed by atoms with E-state index in [-0.39, 0.29) is 17.6 Å². The third kappa shape index (κ3) is 1.91. The van der Waals surface area contributed by atoms with E-state index in [0.29, 0.717) is 24.6 Å². The van der Waals surface area contributed by atoms with Crippen LogP contribution in [0.4, 0.5) is 11.4 Å². The van der Waals surface area contributed by atoms with Gasteiger partial charge in [0.2, 0.25) is 5.91 Å². The van der Waals surface area contributed by atoms with Crippen molar-refractivity contribution in [3.05, 3.63) is 28.3 Å². The summed E-state index contributed by atoms with van der Waals surface area (Å²) in [5, 5.41) is 10.7. The minimum absolute atomic E-state index is 0.00264. The van der Waals surface area contributed by atoms with Gasteiger partial charge in [-0.1, -0.05) is 0 Å². The van der Waals surface area contributed by atoms with E-state index in [1.807, 2.05) is 11.9 Å². The summed E-state index contributed by atoms with van der Waals surface area (Å²) < 4.78 is 5.56. The van der Waals surface area contributed by atoms with E-state index in [2.05, 4.69) is 0 Å². The first-order chi connectivity index (χ1) is 9.06. The number of carbonyl (C=O) groups is 1. The number of nitro benzene ring substituents is 1. The van der Waals surface area contributed by atoms with E-state index in [0.717, 1.165) is 6.54 Å². The topological polar surface area (TPSA) is 75.9 Å². The summed E-state index contributed by atoms with van der Waals surface area (Å²) in [5.41, 5.74) is 0.596. The van der Waals surface area contributed by atoms with Gasteiger partial charge in [0.25, 0.3) is 5.69 Å². The standard InChI is InChI=1S/C12H13N3O4/c1-13-5-9-7-19-11-4-8(15(17)18)2-3-10(11)14(9)12(16)6-13/h2-4,9H,5-7H2,1H3. The first kappa shape index (κ1) is 11.9. The van der Waals surface area contributed by atoms with Gasteiger partial charge in [-0.25, -0.2) is 0 Å². The van der Waals surface area contributed by atoms with E-state index in [4.69, 9.17) is 4.74 Å². The first-order valence-corrected chi connectivity index (χ1v) is 5.98. The van der Waals surface area contributed by atoms with Crippen LogP contribution in [0, 0.1) is 10.1 Å². The van der Waals surface area contributed by atoms with Crippen LogP contribution >= 0.6 is 0 Å². The average molecular weight is 263 g/mol. The molecule has 1 saturated heterocycles. The molecule has 1 aromatic rings. The van der Waals surface area contributed by atoms with Crippen molar-refractivity contribution < 1.29 is 14.5 Å². The van der Waals surface area contributed by atoms with E-state index < -0.39 is 4.92 Å². The smallest absolute Gasteiger partial charge is 0.273 e. The fourth-order valence-electron chi connectivity index (χ4n) is 2.59. The number of nitrogens with zero attached hydrogens (tertiary/aromatic N) is 3. The number of rotatable bonds is 1. The van der Waals surface area contributed by atoms with Crippen molar-refractivity contribution in [1.29, 1.82) is 0 Å². The van der Waals surface area contributed by atoms with Gasteiger partial charge in [-0.2, -0.15) is 0 Å². The molecular weight excluding hydrogens is 250 g/mol. The lowest BCUT2D eigenvalue weighted by Gasteiger charge is -2.42. The minimum atomic E-state index is -0.471. The highest BCUT2D eigenvalue weighted by Crippen LogP contribution is 2.37. The zero-order valence-electron chi connectivity index (χ0n) is 10.4. The lowest BCUT2D eigenvalue weighted by atomic mass is 10.1. The van der Waals surface area contributed by atoms with E-state index in [9.17, 15) is 14.9 Å². The SMILES string of the molecule is CN1CC(=O)N2c3ccc([N+](=O)[O-])cc3OCC2C1. The molecule has 1 aromatic carbocycles. The van der Waals surface area contributed by atoms with Crippen LogP contribution in [0.15, 0.2) is 18.2 Å². The number of hydrogen-bond donors (Lipinski definition) is 0. The summed E-state index contributed by atoms with van der Waals surface area (Å²) in [6.45, 7) is 1.46. The summed E-state index contributed by atoms with van der Waals surface area (Å²) in [5.74, 6) is 0.403. The van der Waals surface area contributed by atoms with Gasteiger partial charge in [-0.3, -0.25) is 24.7 Å². The molecular formula is C12H13N3O4. The number of anilines is 1. The zero-order valence-corrected chi connectivity index (χ0v) is 10.4. The van der Waals surface area contributed by atoms with Crippen molar-refractivity contribution >= 4 is 17.3 Å². The van der Waals surface area contributed by atoms with Crippen molar-refractivity contribution in [2.24, 2.45) is 0 Å². The summed E-state index contributed by atoms with van der Waals surface area (Å²) in [4.78, 5) is 26.0. The van der Waals surface area contributed by atoms with Crippen molar-refractivity contribution in [3.8, 4) is 5.75 Å². The molecule has 19 heavy (non-hydrogen) atoms. The number of benzene rings is 1. The third-order valence-corrected chi connectivity index (χ3v) is 3.41. The predicted octanol–water partition coefficient (Wildman–Crippen LogP) is 0.634. The van der Waals surface area contributed by atoms with Crippen LogP contribution in [-0.2, 0) is 4.79 Å². The fourth-order valence-corrected chi connectivity index (χ4v) is 2.59. The number of fused-ring (bicyclic) bond motifs is 3. The Balaban J connectivity index is 2.00. The maximum Gasteiger partial charge on any atom is 0.273 e. The van der Waals surface area contributed by atoms with Crippen LogP contribution in [0.5, 0.6) is 5.75 Å². The molecule has 7 nitrogen and oxygen atoms in total. The number of carbonyl (C=O) groups excluding carboxylic acids is 1. The first-order valence-electron chi connectivity index (χ1n) is 5.98. The Bertz CT molecular complexity index is 560. The Morgan fingerprint density at radius 2 is 2.26 bits per heavy atom. The fraction of sp³-hybridized carbons (Fsp3) is 0.417. The van der Waals surface area contributed by atoms with Crippen molar-refractivity contribution in [1.82, 2.24) is 4.90 Å². The molecule has 0 bridgehead atoms. The number of amides is 1. The van der Waals surface area contributed by atoms with Gasteiger partial charge in [0.1, 0.15) is 12.4 Å². The second-order valence-electron chi connectivity index (χ2n) is 4.83. The maximum atomic E-state index is 12.1. The number of likely N-dealkylation sites (N-methyl/N-ethyl adjacent to an activating group) is 1. The van der Waals surface area contributed by atoms with Crippen LogP contribution in [0.3, 0.4) is 0 Å². The molecule has 2 aliphatic rings. The van der Waals surface area contributed by atoms with Crippen LogP contribution < -0.4 is 9.64 Å². The average Bonchev–Trinajstić information content (AvgIpc) is 2.36. The summed E-state index contributed by atoms with van der Waals surface area (Å²) in [6.07, 6.45) is 0. The van der Waals surface area contributed by atoms with Gasteiger partial charge < -0.3 is 4.74 Å². The second-order valence-corrected chi connectivity index (χ2v) is 4.83. The van der Waals surface area contributed by atoms with Gasteiger partial charge >= 0.3 is 0 Å². The van der Waals surface area contributed by atoms with E-state index in [1.54, 1.807) is 11.0 Å². The molecule has 0 radical (unpaired) electrons. The number of hydrogen-bond acceptors (Lipinski definition) is 5. The molecule has 1 atom stereocenters. The summed E-state index contributed by atoms with van der Waals surface area (Å²) in [6, 6.07) is 4.33. The molecule has 0 spiro atoms. The van der Waals surface area contributed by atoms with Crippen molar-refractivity contribution in [2.75, 3.05) is 31.6 Å². The largest absolute Gasteiger partial charge is 0.489 e. The van der Waals surface area contributed by atoms with Crippen molar-refractivity contribution in [3.63, 3.8) is 0 Å². The number of nitro groups is 1. The molecule has 0 saturated carbocycles. The Kier molecular flexibility index (Phi) is 2.63. The van der Waals surface area contributed by atoms with Gasteiger partial charge in [-0.05, 0) is 13.1 Å². The Hall–Kier alpha value is -2.15. The van der Waals surface area contributed by atoms with Gasteiger partial charge in [0, 0.05) is 12.6 Å². The van der Waals surface area contributed by atoms with Gasteiger partial charge in [0.05, 0.1) is 29.3 Å². The molecule has 3 rings (SSSR count). The normalized spacial score (nSPS) is 22.5. The Labute approximate surface area is 109 Å². The Morgan fingerprint density at radius 1 is 1.47 bits per heavy atom. The second kappa shape index (κ2) is 4.20. The minimum Gasteiger partial charge on any atom is -0.489 e. The highest BCUT2D eigenvalue weighted by molar-refractivity contribution is 5.98. The highest BCUT2D eigenvalue weighted by atomic mass is 16.6. The molecule has 1 fully saturated rings. The quantitative estimate of drug-likeness (QED) is 0.549. The lowest BCUT2D eigenvalue weighted by Crippen LogP contribution is -2.59. The Morgan fingerprint density at radius 3 is 3.00 bits per heavy atom. The van der Waals surface area contributed by atoms with Gasteiger partial charge in [-0.15, -0.1) is 0 Å². The highest BCUT2D eigenvalue weighted by Gasteiger charge is 2.37. The van der Waals surface area contributed by atoms with E-state index >= 15 is 0 Å². The summed E-state index contributed by atoms with van der Waals surface area (Å²) >= 11 is 0. The summed E-state index contributed by atoms with van der Waals surface area (Å²) in [7, 11) is 1.89. The van der Waals surface area contributed by atoms with Crippen LogP contribution in [0.2, 0.25) is 0 Å². The number of ether oxygens (including phenoxy) is 1. The molecule has 2 aliphatic heterocycles. The lowest BCUT2D eigenvalue weighted by molar-refractivity contribution is -0.384. The number of non-ortho nitro benzene ring substituents is 1. The maximum absolute atomic E-state index is 12.1. The van der Waals surface area contributed by atoms with E-state index in [1.165, 1.54) is 12.1 Å². The van der Waals surface area contributed by atoms with Crippen molar-refractivity contribution in [2.45, 2.75) is 6.04 Å². The molecule has 2 heterocycles. The zero-order chi connectivity index (χ0) is 13.6. The van der Waals surface area contributed by atoms with Gasteiger partial charge in [0.15, 0.2) is 0 Å². The molecule has 7 heteroatoms. The molecule has 0 aromatic heterocycles. The number of piperazine rings is 1. The third-order valence-electron chi connectivity index (χ3n) is 3.41. The molecule has 0 N–H and O–H groups in total. The molecule has 0 aliphatic carbocycles.